The van der Waals surface area contributed by atoms with Crippen LogP contribution >= 0.6 is 0 Å². The van der Waals surface area contributed by atoms with E-state index in [9.17, 15) is 4.79 Å². The summed E-state index contributed by atoms with van der Waals surface area (Å²) in [6.45, 7) is 5.69. The average molecular weight is 259 g/mol. The number of rotatable bonds is 5. The van der Waals surface area contributed by atoms with Crippen LogP contribution in [0.25, 0.3) is 10.9 Å². The quantitative estimate of drug-likeness (QED) is 0.616. The van der Waals surface area contributed by atoms with Gasteiger partial charge in [0.05, 0.1) is 13.0 Å². The van der Waals surface area contributed by atoms with E-state index in [1.54, 1.807) is 0 Å². The van der Waals surface area contributed by atoms with E-state index in [4.69, 9.17) is 5.21 Å². The van der Waals surface area contributed by atoms with Gasteiger partial charge < -0.3 is 10.3 Å². The van der Waals surface area contributed by atoms with Crippen LogP contribution in [0.1, 0.15) is 11.3 Å². The van der Waals surface area contributed by atoms with E-state index in [1.807, 2.05) is 36.7 Å². The third-order valence-electron chi connectivity index (χ3n) is 3.02. The van der Waals surface area contributed by atoms with E-state index in [0.29, 0.717) is 12.1 Å². The third-order valence-corrected chi connectivity index (χ3v) is 3.02. The van der Waals surface area contributed by atoms with Crippen molar-refractivity contribution in [1.29, 1.82) is 0 Å². The Morgan fingerprint density at radius 3 is 2.89 bits per heavy atom. The molecule has 0 aliphatic heterocycles. The van der Waals surface area contributed by atoms with Gasteiger partial charge in [-0.2, -0.15) is 0 Å². The van der Waals surface area contributed by atoms with Crippen LogP contribution in [0.5, 0.6) is 0 Å². The van der Waals surface area contributed by atoms with Crippen molar-refractivity contribution in [2.45, 2.75) is 13.3 Å². The minimum Gasteiger partial charge on any atom is -0.358 e. The van der Waals surface area contributed by atoms with Gasteiger partial charge in [-0.05, 0) is 18.6 Å². The molecule has 4 N–H and O–H groups in total. The van der Waals surface area contributed by atoms with E-state index in [1.165, 1.54) is 0 Å². The third kappa shape index (κ3) is 2.95. The summed E-state index contributed by atoms with van der Waals surface area (Å²) in [5.74, 6) is -0.107. The van der Waals surface area contributed by atoms with Gasteiger partial charge in [0, 0.05) is 22.3 Å². The molecule has 1 heterocycles. The molecule has 2 rings (SSSR count). The predicted octanol–water partition coefficient (Wildman–Crippen LogP) is 1.63. The highest BCUT2D eigenvalue weighted by molar-refractivity contribution is 5.90. The van der Waals surface area contributed by atoms with Crippen molar-refractivity contribution in [3.05, 3.63) is 47.8 Å². The lowest BCUT2D eigenvalue weighted by atomic mass is 10.1. The molecule has 1 amide bonds. The summed E-state index contributed by atoms with van der Waals surface area (Å²) >= 11 is 0. The number of hydroxylamine groups is 1. The largest absolute Gasteiger partial charge is 0.358 e. The molecule has 0 aliphatic rings. The highest BCUT2D eigenvalue weighted by Gasteiger charge is 2.11. The van der Waals surface area contributed by atoms with Crippen molar-refractivity contribution in [2.24, 2.45) is 0 Å². The molecule has 0 saturated carbocycles. The summed E-state index contributed by atoms with van der Waals surface area (Å²) in [6, 6.07) is 7.89. The van der Waals surface area contributed by atoms with Crippen molar-refractivity contribution in [2.75, 3.05) is 6.54 Å². The van der Waals surface area contributed by atoms with E-state index < -0.39 is 0 Å². The molecule has 0 fully saturated rings. The fourth-order valence-electron chi connectivity index (χ4n) is 2.03. The first kappa shape index (κ1) is 13.2. The molecule has 0 radical (unpaired) electrons. The summed E-state index contributed by atoms with van der Waals surface area (Å²) in [5.41, 5.74) is 5.28. The van der Waals surface area contributed by atoms with Gasteiger partial charge in [-0.1, -0.05) is 24.8 Å². The number of H-pyrrole nitrogens is 1. The monoisotopic (exact) mass is 259 g/mol. The molecule has 19 heavy (non-hydrogen) atoms. The molecule has 2 aromatic rings. The average Bonchev–Trinajstić information content (AvgIpc) is 2.72. The maximum absolute atomic E-state index is 11.9. The van der Waals surface area contributed by atoms with Crippen LogP contribution < -0.4 is 10.8 Å². The fraction of sp³-hybridized carbons (Fsp3) is 0.214. The molecule has 0 bridgehead atoms. The number of amides is 1. The first-order chi connectivity index (χ1) is 9.11. The molecule has 5 heteroatoms. The summed E-state index contributed by atoms with van der Waals surface area (Å²) in [5, 5.41) is 12.3. The van der Waals surface area contributed by atoms with Crippen LogP contribution in [0.4, 0.5) is 0 Å². The van der Waals surface area contributed by atoms with Gasteiger partial charge >= 0.3 is 0 Å². The Morgan fingerprint density at radius 1 is 1.42 bits per heavy atom. The number of hydrogen-bond donors (Lipinski definition) is 4. The molecule has 0 saturated heterocycles. The van der Waals surface area contributed by atoms with E-state index in [2.05, 4.69) is 16.9 Å². The number of benzene rings is 1. The van der Waals surface area contributed by atoms with Gasteiger partial charge in [0.15, 0.2) is 0 Å². The molecule has 0 atom stereocenters. The second-order valence-corrected chi connectivity index (χ2v) is 4.44. The molecule has 0 spiro atoms. The minimum atomic E-state index is -0.107. The molecular formula is C14H17N3O2. The zero-order valence-electron chi connectivity index (χ0n) is 10.8. The molecule has 5 nitrogen and oxygen atoms in total. The maximum atomic E-state index is 11.9. The van der Waals surface area contributed by atoms with Crippen LogP contribution in [-0.4, -0.2) is 22.6 Å². The zero-order chi connectivity index (χ0) is 13.8. The molecule has 0 aliphatic carbocycles. The van der Waals surface area contributed by atoms with Crippen LogP contribution in [0.2, 0.25) is 0 Å². The number of nitrogens with one attached hydrogen (secondary N) is 3. The number of aromatic nitrogens is 1. The predicted molar refractivity (Wildman–Crippen MR) is 73.8 cm³/mol. The second-order valence-electron chi connectivity index (χ2n) is 4.44. The van der Waals surface area contributed by atoms with Crippen molar-refractivity contribution in [1.82, 2.24) is 15.8 Å². The lowest BCUT2D eigenvalue weighted by Gasteiger charge is -2.06. The molecule has 100 valence electrons. The lowest BCUT2D eigenvalue weighted by Crippen LogP contribution is -2.30. The van der Waals surface area contributed by atoms with Gasteiger partial charge in [-0.25, -0.2) is 0 Å². The minimum absolute atomic E-state index is 0.107. The summed E-state index contributed by atoms with van der Waals surface area (Å²) in [4.78, 5) is 15.1. The first-order valence-electron chi connectivity index (χ1n) is 6.02. The number of aromatic amines is 1. The smallest absolute Gasteiger partial charge is 0.224 e. The molecule has 1 aromatic heterocycles. The Kier molecular flexibility index (Phi) is 3.87. The molecule has 0 unspecified atom stereocenters. The van der Waals surface area contributed by atoms with Gasteiger partial charge in [0.25, 0.3) is 0 Å². The van der Waals surface area contributed by atoms with Gasteiger partial charge in [-0.3, -0.25) is 15.5 Å². The van der Waals surface area contributed by atoms with Crippen LogP contribution in [0.3, 0.4) is 0 Å². The van der Waals surface area contributed by atoms with Crippen LogP contribution in [-0.2, 0) is 11.2 Å². The van der Waals surface area contributed by atoms with Crippen molar-refractivity contribution >= 4 is 16.8 Å². The Hall–Kier alpha value is -2.27. The Bertz CT molecular complexity index is 616. The van der Waals surface area contributed by atoms with Gasteiger partial charge in [0.1, 0.15) is 0 Å². The first-order valence-corrected chi connectivity index (χ1v) is 6.02. The number of para-hydroxylation sites is 1. The number of hydrogen-bond acceptors (Lipinski definition) is 3. The Morgan fingerprint density at radius 2 is 2.16 bits per heavy atom. The lowest BCUT2D eigenvalue weighted by molar-refractivity contribution is -0.120. The second kappa shape index (κ2) is 5.58. The topological polar surface area (TPSA) is 77.2 Å². The van der Waals surface area contributed by atoms with Gasteiger partial charge in [0.2, 0.25) is 5.91 Å². The Balaban J connectivity index is 2.10. The number of carbonyl (C=O) groups is 1. The SMILES string of the molecule is C=C(CNC(=O)Cc1c(C)[nH]c2ccccc12)NO. The number of fused-ring (bicyclic) bond motifs is 1. The summed E-state index contributed by atoms with van der Waals surface area (Å²) in [6.07, 6.45) is 0.300. The number of carbonyl (C=O) groups excluding carboxylic acids is 1. The van der Waals surface area contributed by atoms with E-state index in [0.717, 1.165) is 22.2 Å². The zero-order valence-corrected chi connectivity index (χ0v) is 10.8. The van der Waals surface area contributed by atoms with Crippen molar-refractivity contribution < 1.29 is 10.0 Å². The highest BCUT2D eigenvalue weighted by Crippen LogP contribution is 2.22. The van der Waals surface area contributed by atoms with E-state index in [-0.39, 0.29) is 12.5 Å². The summed E-state index contributed by atoms with van der Waals surface area (Å²) < 4.78 is 0. The normalized spacial score (nSPS) is 10.4. The van der Waals surface area contributed by atoms with E-state index >= 15 is 0 Å². The number of aryl methyl sites for hydroxylation is 1. The van der Waals surface area contributed by atoms with Crippen LogP contribution in [0.15, 0.2) is 36.5 Å². The summed E-state index contributed by atoms with van der Waals surface area (Å²) in [7, 11) is 0. The van der Waals surface area contributed by atoms with Crippen molar-refractivity contribution in [3.63, 3.8) is 0 Å². The standard InChI is InChI=1S/C14H17N3O2/c1-9(17-19)8-15-14(18)7-12-10(2)16-13-6-4-3-5-11(12)13/h3-6,16-17,19H,1,7-8H2,2H3,(H,15,18). The highest BCUT2D eigenvalue weighted by atomic mass is 16.5. The molecular weight excluding hydrogens is 242 g/mol. The van der Waals surface area contributed by atoms with Crippen LogP contribution in [0, 0.1) is 6.92 Å². The Labute approximate surface area is 111 Å². The van der Waals surface area contributed by atoms with Crippen molar-refractivity contribution in [3.8, 4) is 0 Å². The molecule has 1 aromatic carbocycles. The fourth-order valence-corrected chi connectivity index (χ4v) is 2.03. The van der Waals surface area contributed by atoms with Gasteiger partial charge in [-0.15, -0.1) is 0 Å². The maximum Gasteiger partial charge on any atom is 0.224 e.